The summed E-state index contributed by atoms with van der Waals surface area (Å²) in [7, 11) is 0. The normalized spacial score (nSPS) is 15.8. The van der Waals surface area contributed by atoms with Crippen LogP contribution in [-0.4, -0.2) is 41.6 Å². The number of amides is 2. The van der Waals surface area contributed by atoms with Gasteiger partial charge in [-0.3, -0.25) is 4.79 Å². The van der Waals surface area contributed by atoms with Crippen molar-refractivity contribution in [2.75, 3.05) is 19.6 Å². The molecule has 0 bridgehead atoms. The van der Waals surface area contributed by atoms with Gasteiger partial charge in [-0.1, -0.05) is 23.2 Å². The quantitative estimate of drug-likeness (QED) is 0.894. The number of nitrogens with one attached hydrogen (secondary N) is 1. The van der Waals surface area contributed by atoms with Gasteiger partial charge in [0, 0.05) is 25.2 Å². The van der Waals surface area contributed by atoms with E-state index in [1.807, 2.05) is 0 Å². The average molecular weight is 331 g/mol. The number of halogens is 2. The van der Waals surface area contributed by atoms with Crippen LogP contribution >= 0.6 is 23.2 Å². The number of hydrogen-bond donors (Lipinski definition) is 2. The van der Waals surface area contributed by atoms with Crippen LogP contribution in [0.25, 0.3) is 0 Å². The topological polar surface area (TPSA) is 69.6 Å². The number of carboxylic acid groups (broad SMARTS) is 1. The van der Waals surface area contributed by atoms with Crippen molar-refractivity contribution in [3.63, 3.8) is 0 Å². The van der Waals surface area contributed by atoms with Crippen LogP contribution < -0.4 is 5.32 Å². The molecule has 21 heavy (non-hydrogen) atoms. The number of benzene rings is 1. The Bertz CT molecular complexity index is 543. The molecule has 0 spiro atoms. The Labute approximate surface area is 132 Å². The van der Waals surface area contributed by atoms with Crippen LogP contribution in [0.5, 0.6) is 0 Å². The number of hydrogen-bond acceptors (Lipinski definition) is 2. The Balaban J connectivity index is 1.90. The summed E-state index contributed by atoms with van der Waals surface area (Å²) in [6, 6.07) is 4.85. The molecule has 1 heterocycles. The SMILES string of the molecule is O=C(O)NCC1CCN(C(=O)c2ccc(Cl)c(Cl)c2)CC1. The molecule has 2 N–H and O–H groups in total. The van der Waals surface area contributed by atoms with Gasteiger partial charge in [-0.25, -0.2) is 4.79 Å². The minimum Gasteiger partial charge on any atom is -0.465 e. The standard InChI is InChI=1S/C14H16Cl2N2O3/c15-11-2-1-10(7-12(11)16)13(19)18-5-3-9(4-6-18)8-17-14(20)21/h1-2,7,9,17H,3-6,8H2,(H,20,21). The fourth-order valence-electron chi connectivity index (χ4n) is 2.38. The highest BCUT2D eigenvalue weighted by molar-refractivity contribution is 6.42. The van der Waals surface area contributed by atoms with Crippen molar-refractivity contribution in [2.45, 2.75) is 12.8 Å². The van der Waals surface area contributed by atoms with Crippen LogP contribution in [0.2, 0.25) is 10.0 Å². The summed E-state index contributed by atoms with van der Waals surface area (Å²) in [5.74, 6) is 0.206. The van der Waals surface area contributed by atoms with Crippen LogP contribution in [0.15, 0.2) is 18.2 Å². The monoisotopic (exact) mass is 330 g/mol. The molecule has 0 atom stereocenters. The van der Waals surface area contributed by atoms with Gasteiger partial charge in [0.25, 0.3) is 5.91 Å². The van der Waals surface area contributed by atoms with Crippen LogP contribution in [0.3, 0.4) is 0 Å². The van der Waals surface area contributed by atoms with E-state index in [1.165, 1.54) is 0 Å². The summed E-state index contributed by atoms with van der Waals surface area (Å²) in [6.07, 6.45) is 0.560. The van der Waals surface area contributed by atoms with Gasteiger partial charge in [-0.2, -0.15) is 0 Å². The smallest absolute Gasteiger partial charge is 0.404 e. The molecule has 1 aliphatic rings. The Hall–Kier alpha value is -1.46. The molecule has 0 aliphatic carbocycles. The highest BCUT2D eigenvalue weighted by Crippen LogP contribution is 2.24. The molecule has 1 aliphatic heterocycles. The molecule has 1 aromatic carbocycles. The van der Waals surface area contributed by atoms with E-state index in [-0.39, 0.29) is 11.8 Å². The summed E-state index contributed by atoms with van der Waals surface area (Å²) in [4.78, 5) is 24.6. The first-order chi connectivity index (χ1) is 9.97. The molecule has 1 saturated heterocycles. The van der Waals surface area contributed by atoms with Crippen molar-refractivity contribution < 1.29 is 14.7 Å². The molecule has 0 saturated carbocycles. The molecule has 1 fully saturated rings. The second-order valence-electron chi connectivity index (χ2n) is 5.05. The molecular weight excluding hydrogens is 315 g/mol. The summed E-state index contributed by atoms with van der Waals surface area (Å²) < 4.78 is 0. The molecule has 114 valence electrons. The third kappa shape index (κ3) is 4.25. The summed E-state index contributed by atoms with van der Waals surface area (Å²) in [5.41, 5.74) is 0.520. The van der Waals surface area contributed by atoms with Crippen molar-refractivity contribution in [1.82, 2.24) is 10.2 Å². The first-order valence-corrected chi connectivity index (χ1v) is 7.44. The number of rotatable bonds is 3. The van der Waals surface area contributed by atoms with E-state index in [4.69, 9.17) is 28.3 Å². The fourth-order valence-corrected chi connectivity index (χ4v) is 2.68. The van der Waals surface area contributed by atoms with E-state index in [0.29, 0.717) is 35.2 Å². The van der Waals surface area contributed by atoms with E-state index < -0.39 is 6.09 Å². The summed E-state index contributed by atoms with van der Waals surface area (Å²) >= 11 is 11.8. The molecule has 0 aromatic heterocycles. The molecule has 0 unspecified atom stereocenters. The number of carbonyl (C=O) groups is 2. The van der Waals surface area contributed by atoms with Crippen molar-refractivity contribution in [2.24, 2.45) is 5.92 Å². The van der Waals surface area contributed by atoms with E-state index in [1.54, 1.807) is 23.1 Å². The van der Waals surface area contributed by atoms with Crippen LogP contribution in [0, 0.1) is 5.92 Å². The Morgan fingerprint density at radius 2 is 1.90 bits per heavy atom. The maximum absolute atomic E-state index is 12.4. The van der Waals surface area contributed by atoms with Crippen LogP contribution in [-0.2, 0) is 0 Å². The minimum atomic E-state index is -1.01. The molecule has 1 aromatic rings. The van der Waals surface area contributed by atoms with Crippen molar-refractivity contribution in [1.29, 1.82) is 0 Å². The lowest BCUT2D eigenvalue weighted by Crippen LogP contribution is -2.41. The predicted octanol–water partition coefficient (Wildman–Crippen LogP) is 3.11. The van der Waals surface area contributed by atoms with Crippen molar-refractivity contribution in [3.8, 4) is 0 Å². The maximum Gasteiger partial charge on any atom is 0.404 e. The van der Waals surface area contributed by atoms with E-state index in [2.05, 4.69) is 5.32 Å². The van der Waals surface area contributed by atoms with Gasteiger partial charge < -0.3 is 15.3 Å². The van der Waals surface area contributed by atoms with Gasteiger partial charge >= 0.3 is 6.09 Å². The predicted molar refractivity (Wildman–Crippen MR) is 81.1 cm³/mol. The van der Waals surface area contributed by atoms with E-state index in [9.17, 15) is 9.59 Å². The first-order valence-electron chi connectivity index (χ1n) is 6.68. The Morgan fingerprint density at radius 3 is 2.48 bits per heavy atom. The number of nitrogens with zero attached hydrogens (tertiary/aromatic N) is 1. The molecule has 2 amide bonds. The lowest BCUT2D eigenvalue weighted by molar-refractivity contribution is 0.0689. The second-order valence-corrected chi connectivity index (χ2v) is 5.86. The van der Waals surface area contributed by atoms with Crippen molar-refractivity contribution in [3.05, 3.63) is 33.8 Å². The molecule has 0 radical (unpaired) electrons. The number of likely N-dealkylation sites (tertiary alicyclic amines) is 1. The lowest BCUT2D eigenvalue weighted by Gasteiger charge is -2.32. The van der Waals surface area contributed by atoms with E-state index >= 15 is 0 Å². The minimum absolute atomic E-state index is 0.0711. The zero-order chi connectivity index (χ0) is 15.4. The van der Waals surface area contributed by atoms with E-state index in [0.717, 1.165) is 12.8 Å². The van der Waals surface area contributed by atoms with Gasteiger partial charge in [0.05, 0.1) is 10.0 Å². The maximum atomic E-state index is 12.4. The second kappa shape index (κ2) is 7.00. The third-order valence-electron chi connectivity index (χ3n) is 3.61. The van der Waals surface area contributed by atoms with Crippen molar-refractivity contribution >= 4 is 35.2 Å². The highest BCUT2D eigenvalue weighted by atomic mass is 35.5. The zero-order valence-electron chi connectivity index (χ0n) is 11.3. The summed E-state index contributed by atoms with van der Waals surface area (Å²) in [6.45, 7) is 1.67. The van der Waals surface area contributed by atoms with Gasteiger partial charge in [0.1, 0.15) is 0 Å². The lowest BCUT2D eigenvalue weighted by atomic mass is 9.96. The number of piperidine rings is 1. The fraction of sp³-hybridized carbons (Fsp3) is 0.429. The first kappa shape index (κ1) is 15.9. The molecule has 5 nitrogen and oxygen atoms in total. The number of carbonyl (C=O) groups excluding carboxylic acids is 1. The Morgan fingerprint density at radius 1 is 1.24 bits per heavy atom. The highest BCUT2D eigenvalue weighted by Gasteiger charge is 2.24. The van der Waals surface area contributed by atoms with Crippen LogP contribution in [0.1, 0.15) is 23.2 Å². The third-order valence-corrected chi connectivity index (χ3v) is 4.35. The van der Waals surface area contributed by atoms with Gasteiger partial charge in [0.15, 0.2) is 0 Å². The van der Waals surface area contributed by atoms with Crippen LogP contribution in [0.4, 0.5) is 4.79 Å². The molecular formula is C14H16Cl2N2O3. The average Bonchev–Trinajstić information content (AvgIpc) is 2.48. The Kier molecular flexibility index (Phi) is 5.31. The molecule has 2 rings (SSSR count). The summed E-state index contributed by atoms with van der Waals surface area (Å²) in [5, 5.41) is 11.8. The molecule has 7 heteroatoms. The van der Waals surface area contributed by atoms with Gasteiger partial charge in [-0.05, 0) is 37.0 Å². The largest absolute Gasteiger partial charge is 0.465 e. The van der Waals surface area contributed by atoms with Gasteiger partial charge in [0.2, 0.25) is 0 Å². The zero-order valence-corrected chi connectivity index (χ0v) is 12.8. The van der Waals surface area contributed by atoms with Gasteiger partial charge in [-0.15, -0.1) is 0 Å².